The molecular formula is C16H15BrN4O2S2. The van der Waals surface area contributed by atoms with Crippen molar-refractivity contribution >= 4 is 56.2 Å². The maximum Gasteiger partial charge on any atom is 0.264 e. The van der Waals surface area contributed by atoms with Crippen molar-refractivity contribution in [2.75, 3.05) is 18.9 Å². The minimum Gasteiger partial charge on any atom is -0.332 e. The van der Waals surface area contributed by atoms with Gasteiger partial charge in [-0.2, -0.15) is 16.4 Å². The molecule has 0 aliphatic heterocycles. The molecule has 25 heavy (non-hydrogen) atoms. The lowest BCUT2D eigenvalue weighted by Crippen LogP contribution is -2.35. The molecule has 1 N–H and O–H groups in total. The molecule has 0 radical (unpaired) electrons. The van der Waals surface area contributed by atoms with Crippen LogP contribution in [-0.2, 0) is 11.3 Å². The Labute approximate surface area is 161 Å². The van der Waals surface area contributed by atoms with E-state index >= 15 is 0 Å². The number of nitrogens with zero attached hydrogens (tertiary/aromatic N) is 3. The molecule has 3 aromatic rings. The molecule has 0 atom stereocenters. The molecule has 0 spiro atoms. The number of thiophene rings is 2. The number of aromatic nitrogens is 2. The number of likely N-dealkylation sites (N-methyl/N-ethyl adjacent to an activating group) is 1. The molecule has 9 heteroatoms. The molecule has 0 aliphatic carbocycles. The highest BCUT2D eigenvalue weighted by molar-refractivity contribution is 9.11. The molecule has 0 saturated heterocycles. The summed E-state index contributed by atoms with van der Waals surface area (Å²) >= 11 is 6.29. The molecule has 0 aromatic carbocycles. The number of carbonyl (C=O) groups is 2. The third-order valence-corrected chi connectivity index (χ3v) is 5.75. The largest absolute Gasteiger partial charge is 0.332 e. The van der Waals surface area contributed by atoms with Crippen molar-refractivity contribution in [3.8, 4) is 0 Å². The Hall–Kier alpha value is -1.97. The van der Waals surface area contributed by atoms with Gasteiger partial charge in [0.15, 0.2) is 0 Å². The van der Waals surface area contributed by atoms with Gasteiger partial charge in [-0.1, -0.05) is 0 Å². The molecular weight excluding hydrogens is 424 g/mol. The molecule has 0 saturated carbocycles. The van der Waals surface area contributed by atoms with Crippen molar-refractivity contribution in [3.63, 3.8) is 0 Å². The monoisotopic (exact) mass is 438 g/mol. The number of carbonyl (C=O) groups excluding carboxylic acids is 2. The number of hydrogen-bond donors (Lipinski definition) is 1. The average molecular weight is 439 g/mol. The fourth-order valence-corrected chi connectivity index (χ4v) is 4.25. The summed E-state index contributed by atoms with van der Waals surface area (Å²) in [6.07, 6.45) is 1.64. The topological polar surface area (TPSA) is 67.2 Å². The standard InChI is InChI=1S/C16H15BrN4O2S2/c1-20(16(23)12-2-3-13(17)25-12)9-15(22)19-14-4-6-18-21(14)8-11-5-7-24-10-11/h2-7,10H,8-9H2,1H3,(H,19,22). The Morgan fingerprint density at radius 3 is 2.84 bits per heavy atom. The van der Waals surface area contributed by atoms with Gasteiger partial charge in [-0.25, -0.2) is 4.68 Å². The van der Waals surface area contributed by atoms with E-state index in [2.05, 4.69) is 26.3 Å². The quantitative estimate of drug-likeness (QED) is 0.639. The SMILES string of the molecule is CN(CC(=O)Nc1ccnn1Cc1ccsc1)C(=O)c1ccc(Br)s1. The maximum atomic E-state index is 12.3. The fourth-order valence-electron chi connectivity index (χ4n) is 2.21. The minimum atomic E-state index is -0.265. The van der Waals surface area contributed by atoms with Crippen LogP contribution in [0.15, 0.2) is 45.0 Å². The Morgan fingerprint density at radius 2 is 2.16 bits per heavy atom. The summed E-state index contributed by atoms with van der Waals surface area (Å²) in [5.74, 6) is 0.159. The van der Waals surface area contributed by atoms with E-state index in [1.165, 1.54) is 16.2 Å². The number of nitrogens with one attached hydrogen (secondary N) is 1. The fraction of sp³-hybridized carbons (Fsp3) is 0.188. The van der Waals surface area contributed by atoms with Gasteiger partial charge in [-0.3, -0.25) is 9.59 Å². The van der Waals surface area contributed by atoms with Gasteiger partial charge < -0.3 is 10.2 Å². The molecule has 6 nitrogen and oxygen atoms in total. The first kappa shape index (κ1) is 17.8. The highest BCUT2D eigenvalue weighted by Gasteiger charge is 2.17. The predicted octanol–water partition coefficient (Wildman–Crippen LogP) is 3.53. The molecule has 130 valence electrons. The van der Waals surface area contributed by atoms with Crippen LogP contribution in [0, 0.1) is 0 Å². The summed E-state index contributed by atoms with van der Waals surface area (Å²) in [5.41, 5.74) is 1.12. The van der Waals surface area contributed by atoms with Crippen LogP contribution in [0.25, 0.3) is 0 Å². The van der Waals surface area contributed by atoms with Crippen molar-refractivity contribution in [3.05, 3.63) is 55.4 Å². The lowest BCUT2D eigenvalue weighted by molar-refractivity contribution is -0.116. The van der Waals surface area contributed by atoms with Crippen molar-refractivity contribution < 1.29 is 9.59 Å². The maximum absolute atomic E-state index is 12.3. The van der Waals surface area contributed by atoms with E-state index in [-0.39, 0.29) is 18.4 Å². The van der Waals surface area contributed by atoms with Crippen LogP contribution in [-0.4, -0.2) is 40.1 Å². The molecule has 3 aromatic heterocycles. The third-order valence-electron chi connectivity index (χ3n) is 3.41. The zero-order valence-electron chi connectivity index (χ0n) is 13.3. The predicted molar refractivity (Wildman–Crippen MR) is 103 cm³/mol. The van der Waals surface area contributed by atoms with Crippen LogP contribution in [0.5, 0.6) is 0 Å². The number of amides is 2. The summed E-state index contributed by atoms with van der Waals surface area (Å²) in [6, 6.07) is 7.31. The lowest BCUT2D eigenvalue weighted by Gasteiger charge is -2.16. The number of anilines is 1. The van der Waals surface area contributed by atoms with Crippen molar-refractivity contribution in [1.82, 2.24) is 14.7 Å². The normalized spacial score (nSPS) is 10.6. The minimum absolute atomic E-state index is 0.0298. The van der Waals surface area contributed by atoms with E-state index in [0.717, 1.165) is 9.35 Å². The average Bonchev–Trinajstić information content (AvgIpc) is 3.31. The van der Waals surface area contributed by atoms with Crippen LogP contribution >= 0.6 is 38.6 Å². The Bertz CT molecular complexity index is 872. The summed E-state index contributed by atoms with van der Waals surface area (Å²) < 4.78 is 2.60. The van der Waals surface area contributed by atoms with Crippen LogP contribution in [0.3, 0.4) is 0 Å². The van der Waals surface area contributed by atoms with E-state index in [4.69, 9.17) is 0 Å². The molecule has 3 heterocycles. The second kappa shape index (κ2) is 7.94. The first-order valence-corrected chi connectivity index (χ1v) is 9.91. The van der Waals surface area contributed by atoms with Crippen LogP contribution in [0.1, 0.15) is 15.2 Å². The first-order valence-electron chi connectivity index (χ1n) is 7.36. The van der Waals surface area contributed by atoms with Gasteiger partial charge in [0, 0.05) is 13.1 Å². The van der Waals surface area contributed by atoms with Gasteiger partial charge >= 0.3 is 0 Å². The van der Waals surface area contributed by atoms with E-state index in [9.17, 15) is 9.59 Å². The summed E-state index contributed by atoms with van der Waals surface area (Å²) in [4.78, 5) is 26.5. The van der Waals surface area contributed by atoms with Gasteiger partial charge in [0.05, 0.1) is 27.9 Å². The Morgan fingerprint density at radius 1 is 1.32 bits per heavy atom. The molecule has 0 aliphatic rings. The third kappa shape index (κ3) is 4.56. The van der Waals surface area contributed by atoms with Crippen LogP contribution in [0.2, 0.25) is 0 Å². The smallest absolute Gasteiger partial charge is 0.264 e. The van der Waals surface area contributed by atoms with Gasteiger partial charge in [-0.15, -0.1) is 11.3 Å². The molecule has 0 unspecified atom stereocenters. The van der Waals surface area contributed by atoms with Crippen molar-refractivity contribution in [2.24, 2.45) is 0 Å². The molecule has 3 rings (SSSR count). The zero-order valence-corrected chi connectivity index (χ0v) is 16.5. The van der Waals surface area contributed by atoms with E-state index < -0.39 is 0 Å². The first-order chi connectivity index (χ1) is 12.0. The second-order valence-electron chi connectivity index (χ2n) is 5.32. The van der Waals surface area contributed by atoms with E-state index in [1.54, 1.807) is 41.4 Å². The van der Waals surface area contributed by atoms with Crippen molar-refractivity contribution in [1.29, 1.82) is 0 Å². The Kier molecular flexibility index (Phi) is 5.67. The molecule has 0 bridgehead atoms. The zero-order chi connectivity index (χ0) is 17.8. The summed E-state index contributed by atoms with van der Waals surface area (Å²) in [5, 5.41) is 11.1. The summed E-state index contributed by atoms with van der Waals surface area (Å²) in [6.45, 7) is 0.558. The van der Waals surface area contributed by atoms with E-state index in [1.807, 2.05) is 22.9 Å². The Balaban J connectivity index is 1.59. The number of halogens is 1. The highest BCUT2D eigenvalue weighted by atomic mass is 79.9. The summed E-state index contributed by atoms with van der Waals surface area (Å²) in [7, 11) is 1.61. The van der Waals surface area contributed by atoms with E-state index in [0.29, 0.717) is 17.2 Å². The van der Waals surface area contributed by atoms with Gasteiger partial charge in [-0.05, 0) is 50.5 Å². The number of hydrogen-bond acceptors (Lipinski definition) is 5. The van der Waals surface area contributed by atoms with Crippen LogP contribution in [0.4, 0.5) is 5.82 Å². The number of rotatable bonds is 6. The van der Waals surface area contributed by atoms with Crippen molar-refractivity contribution in [2.45, 2.75) is 6.54 Å². The lowest BCUT2D eigenvalue weighted by atomic mass is 10.3. The second-order valence-corrected chi connectivity index (χ2v) is 8.56. The molecule has 0 fully saturated rings. The van der Waals surface area contributed by atoms with Gasteiger partial charge in [0.25, 0.3) is 5.91 Å². The van der Waals surface area contributed by atoms with Gasteiger partial charge in [0.1, 0.15) is 5.82 Å². The molecule has 2 amide bonds. The van der Waals surface area contributed by atoms with Crippen LogP contribution < -0.4 is 5.32 Å². The van der Waals surface area contributed by atoms with Gasteiger partial charge in [0.2, 0.25) is 5.91 Å². The highest BCUT2D eigenvalue weighted by Crippen LogP contribution is 2.23.